The normalized spacial score (nSPS) is 17.7. The average Bonchev–Trinajstić information content (AvgIpc) is 3.04. The molecule has 0 saturated carbocycles. The summed E-state index contributed by atoms with van der Waals surface area (Å²) < 4.78 is 5.21. The molecule has 3 aromatic rings. The molecular formula is C25H21NO5. The number of aliphatic hydroxyl groups is 1. The fourth-order valence-electron chi connectivity index (χ4n) is 3.79. The summed E-state index contributed by atoms with van der Waals surface area (Å²) in [5.74, 6) is -1.26. The van der Waals surface area contributed by atoms with Crippen LogP contribution in [0, 0.1) is 0 Å². The summed E-state index contributed by atoms with van der Waals surface area (Å²) in [7, 11) is 1.50. The molecule has 6 heteroatoms. The molecule has 156 valence electrons. The van der Waals surface area contributed by atoms with E-state index in [1.165, 1.54) is 24.1 Å². The second-order valence-electron chi connectivity index (χ2n) is 7.24. The number of benzene rings is 3. The van der Waals surface area contributed by atoms with E-state index in [0.29, 0.717) is 16.9 Å². The monoisotopic (exact) mass is 415 g/mol. The van der Waals surface area contributed by atoms with Crippen molar-refractivity contribution < 1.29 is 24.5 Å². The number of amides is 1. The molecule has 1 fully saturated rings. The van der Waals surface area contributed by atoms with Gasteiger partial charge in [-0.1, -0.05) is 54.6 Å². The number of phenols is 1. The minimum absolute atomic E-state index is 0.00387. The van der Waals surface area contributed by atoms with Gasteiger partial charge in [0.05, 0.1) is 18.7 Å². The van der Waals surface area contributed by atoms with Crippen LogP contribution < -0.4 is 4.74 Å². The minimum atomic E-state index is -0.849. The number of methoxy groups -OCH3 is 1. The lowest BCUT2D eigenvalue weighted by Crippen LogP contribution is -2.29. The lowest BCUT2D eigenvalue weighted by atomic mass is 9.95. The summed E-state index contributed by atoms with van der Waals surface area (Å²) >= 11 is 0. The van der Waals surface area contributed by atoms with Gasteiger partial charge in [-0.05, 0) is 35.4 Å². The van der Waals surface area contributed by atoms with Crippen molar-refractivity contribution in [3.05, 3.63) is 101 Å². The Morgan fingerprint density at radius 1 is 0.968 bits per heavy atom. The molecule has 0 spiro atoms. The van der Waals surface area contributed by atoms with E-state index >= 15 is 0 Å². The van der Waals surface area contributed by atoms with Gasteiger partial charge in [0, 0.05) is 12.1 Å². The summed E-state index contributed by atoms with van der Waals surface area (Å²) in [6, 6.07) is 21.5. The highest BCUT2D eigenvalue weighted by molar-refractivity contribution is 6.46. The minimum Gasteiger partial charge on any atom is -0.508 e. The molecule has 3 aromatic carbocycles. The highest BCUT2D eigenvalue weighted by Gasteiger charge is 2.46. The second kappa shape index (κ2) is 8.36. The first kappa shape index (κ1) is 20.2. The maximum atomic E-state index is 13.0. The Kier molecular flexibility index (Phi) is 5.45. The van der Waals surface area contributed by atoms with Crippen molar-refractivity contribution in [3.8, 4) is 11.5 Å². The zero-order valence-corrected chi connectivity index (χ0v) is 16.9. The lowest BCUT2D eigenvalue weighted by Gasteiger charge is -2.25. The van der Waals surface area contributed by atoms with E-state index in [-0.39, 0.29) is 23.6 Å². The maximum absolute atomic E-state index is 13.0. The first-order valence-electron chi connectivity index (χ1n) is 9.75. The molecule has 4 rings (SSSR count). The number of hydrogen-bond acceptors (Lipinski definition) is 5. The molecular weight excluding hydrogens is 394 g/mol. The van der Waals surface area contributed by atoms with Crippen molar-refractivity contribution in [1.29, 1.82) is 0 Å². The van der Waals surface area contributed by atoms with Crippen LogP contribution in [0.25, 0.3) is 5.76 Å². The summed E-state index contributed by atoms with van der Waals surface area (Å²) in [4.78, 5) is 27.4. The number of aliphatic hydroxyl groups excluding tert-OH is 1. The number of hydrogen-bond donors (Lipinski definition) is 2. The summed E-state index contributed by atoms with van der Waals surface area (Å²) in [5, 5.41) is 21.1. The SMILES string of the molecule is COc1cccc(/C(O)=C2\C(=O)C(=O)N(Cc3ccccc3)C2c2cccc(O)c2)c1. The Balaban J connectivity index is 1.87. The highest BCUT2D eigenvalue weighted by atomic mass is 16.5. The van der Waals surface area contributed by atoms with E-state index in [1.807, 2.05) is 30.3 Å². The van der Waals surface area contributed by atoms with E-state index in [0.717, 1.165) is 5.56 Å². The smallest absolute Gasteiger partial charge is 0.295 e. The number of rotatable bonds is 5. The lowest BCUT2D eigenvalue weighted by molar-refractivity contribution is -0.140. The third kappa shape index (κ3) is 3.88. The third-order valence-corrected chi connectivity index (χ3v) is 5.26. The van der Waals surface area contributed by atoms with Gasteiger partial charge in [-0.15, -0.1) is 0 Å². The van der Waals surface area contributed by atoms with Crippen molar-refractivity contribution >= 4 is 17.4 Å². The molecule has 2 N–H and O–H groups in total. The second-order valence-corrected chi connectivity index (χ2v) is 7.24. The van der Waals surface area contributed by atoms with Gasteiger partial charge >= 0.3 is 0 Å². The van der Waals surface area contributed by atoms with Crippen LogP contribution in [0.2, 0.25) is 0 Å². The molecule has 1 heterocycles. The van der Waals surface area contributed by atoms with E-state index in [4.69, 9.17) is 4.74 Å². The van der Waals surface area contributed by atoms with Gasteiger partial charge in [-0.3, -0.25) is 9.59 Å². The van der Waals surface area contributed by atoms with Crippen molar-refractivity contribution in [2.45, 2.75) is 12.6 Å². The summed E-state index contributed by atoms with van der Waals surface area (Å²) in [6.45, 7) is 0.181. The van der Waals surface area contributed by atoms with Crippen LogP contribution in [0.15, 0.2) is 84.4 Å². The van der Waals surface area contributed by atoms with Gasteiger partial charge in [0.25, 0.3) is 11.7 Å². The largest absolute Gasteiger partial charge is 0.508 e. The van der Waals surface area contributed by atoms with E-state index < -0.39 is 17.7 Å². The van der Waals surface area contributed by atoms with Crippen molar-refractivity contribution in [3.63, 3.8) is 0 Å². The van der Waals surface area contributed by atoms with Crippen molar-refractivity contribution in [2.24, 2.45) is 0 Å². The van der Waals surface area contributed by atoms with Gasteiger partial charge in [-0.25, -0.2) is 0 Å². The fraction of sp³-hybridized carbons (Fsp3) is 0.120. The van der Waals surface area contributed by atoms with Gasteiger partial charge in [0.15, 0.2) is 0 Å². The quantitative estimate of drug-likeness (QED) is 0.373. The Morgan fingerprint density at radius 2 is 1.71 bits per heavy atom. The van der Waals surface area contributed by atoms with E-state index in [1.54, 1.807) is 36.4 Å². The number of carbonyl (C=O) groups excluding carboxylic acids is 2. The Morgan fingerprint density at radius 3 is 2.42 bits per heavy atom. The molecule has 1 amide bonds. The molecule has 1 aliphatic heterocycles. The molecule has 0 aromatic heterocycles. The average molecular weight is 415 g/mol. The van der Waals surface area contributed by atoms with Crippen LogP contribution >= 0.6 is 0 Å². The van der Waals surface area contributed by atoms with Gasteiger partial charge in [-0.2, -0.15) is 0 Å². The molecule has 0 aliphatic carbocycles. The predicted octanol–water partition coefficient (Wildman–Crippen LogP) is 4.02. The number of likely N-dealkylation sites (tertiary alicyclic amines) is 1. The predicted molar refractivity (Wildman–Crippen MR) is 115 cm³/mol. The van der Waals surface area contributed by atoms with E-state index in [2.05, 4.69) is 0 Å². The standard InChI is InChI=1S/C25H21NO5/c1-31-20-12-6-10-18(14-20)23(28)21-22(17-9-5-11-19(27)13-17)26(25(30)24(21)29)15-16-7-3-2-4-8-16/h2-14,22,27-28H,15H2,1H3/b23-21+. The van der Waals surface area contributed by atoms with Gasteiger partial charge < -0.3 is 19.8 Å². The van der Waals surface area contributed by atoms with Crippen LogP contribution in [-0.4, -0.2) is 33.9 Å². The first-order chi connectivity index (χ1) is 15.0. The molecule has 1 aliphatic rings. The number of carbonyl (C=O) groups is 2. The third-order valence-electron chi connectivity index (χ3n) is 5.26. The molecule has 1 unspecified atom stereocenters. The maximum Gasteiger partial charge on any atom is 0.295 e. The topological polar surface area (TPSA) is 87.1 Å². The van der Waals surface area contributed by atoms with Crippen LogP contribution in [0.1, 0.15) is 22.7 Å². The van der Waals surface area contributed by atoms with Crippen LogP contribution in [0.4, 0.5) is 0 Å². The number of nitrogens with zero attached hydrogens (tertiary/aromatic N) is 1. The van der Waals surface area contributed by atoms with Gasteiger partial charge in [0.1, 0.15) is 17.3 Å². The number of ketones is 1. The fourth-order valence-corrected chi connectivity index (χ4v) is 3.79. The molecule has 1 saturated heterocycles. The number of ether oxygens (including phenoxy) is 1. The molecule has 0 radical (unpaired) electrons. The molecule has 0 bridgehead atoms. The van der Waals surface area contributed by atoms with E-state index in [9.17, 15) is 19.8 Å². The Hall–Kier alpha value is -4.06. The molecule has 31 heavy (non-hydrogen) atoms. The zero-order valence-electron chi connectivity index (χ0n) is 16.9. The van der Waals surface area contributed by atoms with Crippen LogP contribution in [0.3, 0.4) is 0 Å². The Labute approximate surface area is 179 Å². The highest BCUT2D eigenvalue weighted by Crippen LogP contribution is 2.41. The zero-order chi connectivity index (χ0) is 22.0. The van der Waals surface area contributed by atoms with Crippen LogP contribution in [-0.2, 0) is 16.1 Å². The number of Topliss-reactive ketones (excluding diaryl/α,β-unsaturated/α-hetero) is 1. The van der Waals surface area contributed by atoms with Crippen LogP contribution in [0.5, 0.6) is 11.5 Å². The molecule has 6 nitrogen and oxygen atoms in total. The molecule has 1 atom stereocenters. The number of phenolic OH excluding ortho intramolecular Hbond substituents is 1. The Bertz CT molecular complexity index is 1170. The first-order valence-corrected chi connectivity index (χ1v) is 9.75. The van der Waals surface area contributed by atoms with Crippen molar-refractivity contribution in [1.82, 2.24) is 4.90 Å². The van der Waals surface area contributed by atoms with Crippen molar-refractivity contribution in [2.75, 3.05) is 7.11 Å². The van der Waals surface area contributed by atoms with Gasteiger partial charge in [0.2, 0.25) is 0 Å². The summed E-state index contributed by atoms with van der Waals surface area (Å²) in [6.07, 6.45) is 0. The summed E-state index contributed by atoms with van der Waals surface area (Å²) in [5.41, 5.74) is 1.71. The number of aromatic hydroxyl groups is 1.